The van der Waals surface area contributed by atoms with Gasteiger partial charge in [-0.1, -0.05) is 6.07 Å². The number of benzene rings is 1. The Morgan fingerprint density at radius 3 is 2.52 bits per heavy atom. The molecule has 4 rings (SSSR count). The second-order valence-corrected chi connectivity index (χ2v) is 7.43. The van der Waals surface area contributed by atoms with E-state index in [0.717, 1.165) is 5.56 Å². The van der Waals surface area contributed by atoms with E-state index < -0.39 is 12.1 Å². The van der Waals surface area contributed by atoms with Crippen molar-refractivity contribution >= 4 is 11.9 Å². The van der Waals surface area contributed by atoms with Crippen molar-refractivity contribution in [3.8, 4) is 6.07 Å². The van der Waals surface area contributed by atoms with Gasteiger partial charge in [-0.2, -0.15) is 18.4 Å². The lowest BCUT2D eigenvalue weighted by molar-refractivity contribution is -0.192. The van der Waals surface area contributed by atoms with E-state index in [1.807, 2.05) is 17.0 Å². The number of carboxylic acids is 1. The largest absolute Gasteiger partial charge is 0.490 e. The van der Waals surface area contributed by atoms with Gasteiger partial charge < -0.3 is 19.5 Å². The van der Waals surface area contributed by atoms with Gasteiger partial charge in [0.15, 0.2) is 0 Å². The van der Waals surface area contributed by atoms with Crippen LogP contribution in [0.3, 0.4) is 0 Å². The van der Waals surface area contributed by atoms with Crippen LogP contribution in [0.1, 0.15) is 21.5 Å². The van der Waals surface area contributed by atoms with E-state index in [-0.39, 0.29) is 24.0 Å². The zero-order valence-corrected chi connectivity index (χ0v) is 17.2. The number of ether oxygens (including phenoxy) is 2. The van der Waals surface area contributed by atoms with Gasteiger partial charge in [0.05, 0.1) is 43.6 Å². The fraction of sp³-hybridized carbons (Fsp3) is 0.364. The lowest BCUT2D eigenvalue weighted by Gasteiger charge is -2.22. The molecule has 2 saturated heterocycles. The summed E-state index contributed by atoms with van der Waals surface area (Å²) in [6, 6.07) is 12.7. The molecule has 11 heteroatoms. The molecule has 0 saturated carbocycles. The summed E-state index contributed by atoms with van der Waals surface area (Å²) in [5.41, 5.74) is 2.14. The molecular formula is C22H20F3N3O5. The molecule has 0 bridgehead atoms. The van der Waals surface area contributed by atoms with Gasteiger partial charge in [0.1, 0.15) is 0 Å². The minimum atomic E-state index is -5.08. The molecule has 3 atom stereocenters. The van der Waals surface area contributed by atoms with Crippen molar-refractivity contribution in [3.05, 3.63) is 65.5 Å². The number of rotatable bonds is 4. The van der Waals surface area contributed by atoms with Crippen molar-refractivity contribution in [2.75, 3.05) is 19.8 Å². The first-order valence-electron chi connectivity index (χ1n) is 9.90. The smallest absolute Gasteiger partial charge is 0.475 e. The van der Waals surface area contributed by atoms with Crippen LogP contribution in [0.4, 0.5) is 13.2 Å². The Kier molecular flexibility index (Phi) is 7.63. The van der Waals surface area contributed by atoms with Gasteiger partial charge in [0.25, 0.3) is 5.91 Å². The second-order valence-electron chi connectivity index (χ2n) is 7.43. The van der Waals surface area contributed by atoms with Gasteiger partial charge >= 0.3 is 12.1 Å². The van der Waals surface area contributed by atoms with Crippen molar-refractivity contribution in [2.45, 2.75) is 24.9 Å². The number of likely N-dealkylation sites (tertiary alicyclic amines) is 1. The number of halogens is 3. The number of hydrogen-bond donors (Lipinski definition) is 1. The monoisotopic (exact) mass is 463 g/mol. The first-order chi connectivity index (χ1) is 15.7. The van der Waals surface area contributed by atoms with Gasteiger partial charge in [-0.3, -0.25) is 9.78 Å². The summed E-state index contributed by atoms with van der Waals surface area (Å²) < 4.78 is 43.5. The number of amides is 1. The first-order valence-corrected chi connectivity index (χ1v) is 9.90. The fourth-order valence-electron chi connectivity index (χ4n) is 3.65. The molecule has 0 unspecified atom stereocenters. The Hall–Kier alpha value is -3.49. The molecule has 0 aliphatic carbocycles. The van der Waals surface area contributed by atoms with E-state index in [2.05, 4.69) is 11.1 Å². The molecule has 174 valence electrons. The van der Waals surface area contributed by atoms with E-state index in [9.17, 15) is 18.0 Å². The maximum absolute atomic E-state index is 12.9. The summed E-state index contributed by atoms with van der Waals surface area (Å²) in [6.45, 7) is 2.18. The Bertz CT molecular complexity index is 1010. The molecule has 0 radical (unpaired) electrons. The van der Waals surface area contributed by atoms with Crippen LogP contribution in [0.2, 0.25) is 0 Å². The highest BCUT2D eigenvalue weighted by Crippen LogP contribution is 2.33. The molecule has 1 aromatic heterocycles. The lowest BCUT2D eigenvalue weighted by Crippen LogP contribution is -2.38. The van der Waals surface area contributed by atoms with Crippen LogP contribution in [-0.2, 0) is 20.9 Å². The van der Waals surface area contributed by atoms with E-state index in [1.54, 1.807) is 36.7 Å². The molecule has 1 aromatic carbocycles. The Balaban J connectivity index is 0.000000383. The topological polar surface area (TPSA) is 113 Å². The highest BCUT2D eigenvalue weighted by atomic mass is 19.4. The van der Waals surface area contributed by atoms with Crippen molar-refractivity contribution in [1.82, 2.24) is 9.88 Å². The molecule has 3 heterocycles. The highest BCUT2D eigenvalue weighted by Gasteiger charge is 2.48. The van der Waals surface area contributed by atoms with Crippen LogP contribution in [0.25, 0.3) is 0 Å². The van der Waals surface area contributed by atoms with E-state index in [1.165, 1.54) is 0 Å². The molecule has 8 nitrogen and oxygen atoms in total. The normalized spacial score (nSPS) is 21.5. The van der Waals surface area contributed by atoms with Crippen LogP contribution in [0.5, 0.6) is 0 Å². The van der Waals surface area contributed by atoms with Gasteiger partial charge in [-0.25, -0.2) is 4.79 Å². The lowest BCUT2D eigenvalue weighted by atomic mass is 10.0. The van der Waals surface area contributed by atoms with Gasteiger partial charge in [0.2, 0.25) is 0 Å². The molecule has 2 aliphatic rings. The first kappa shape index (κ1) is 24.2. The number of hydrogen-bond acceptors (Lipinski definition) is 6. The van der Waals surface area contributed by atoms with Gasteiger partial charge in [-0.05, 0) is 35.9 Å². The third-order valence-corrected chi connectivity index (χ3v) is 5.30. The minimum absolute atomic E-state index is 0.0389. The molecule has 0 spiro atoms. The number of alkyl halides is 3. The van der Waals surface area contributed by atoms with Gasteiger partial charge in [-0.15, -0.1) is 0 Å². The molecule has 2 aliphatic heterocycles. The summed E-state index contributed by atoms with van der Waals surface area (Å²) >= 11 is 0. The standard InChI is InChI=1S/C20H19N3O3.C2HF3O2/c21-8-14-3-5-16(6-4-14)20(24)23-10-19(17-12-25-13-18(17)23)26-11-15-2-1-7-22-9-15;3-2(4,5)1(6)7/h1-7,9,17-19H,10-13H2;(H,6,7)/t17-,18+,19-;/m0./s1. The number of nitriles is 1. The minimum Gasteiger partial charge on any atom is -0.475 e. The Labute approximate surface area is 187 Å². The quantitative estimate of drug-likeness (QED) is 0.742. The summed E-state index contributed by atoms with van der Waals surface area (Å²) in [4.78, 5) is 27.8. The predicted molar refractivity (Wildman–Crippen MR) is 107 cm³/mol. The zero-order chi connectivity index (χ0) is 24.0. The van der Waals surface area contributed by atoms with Crippen molar-refractivity contribution in [3.63, 3.8) is 0 Å². The number of aromatic nitrogens is 1. The summed E-state index contributed by atoms with van der Waals surface area (Å²) in [5, 5.41) is 16.0. The third-order valence-electron chi connectivity index (χ3n) is 5.30. The third kappa shape index (κ3) is 6.06. The van der Waals surface area contributed by atoms with E-state index in [4.69, 9.17) is 24.6 Å². The fourth-order valence-corrected chi connectivity index (χ4v) is 3.65. The number of carboxylic acid groups (broad SMARTS) is 1. The number of fused-ring (bicyclic) bond motifs is 1. The maximum atomic E-state index is 12.9. The predicted octanol–water partition coefficient (Wildman–Crippen LogP) is 2.64. The number of carbonyl (C=O) groups is 2. The summed E-state index contributed by atoms with van der Waals surface area (Å²) in [7, 11) is 0. The van der Waals surface area contributed by atoms with Crippen molar-refractivity contribution < 1.29 is 37.3 Å². The van der Waals surface area contributed by atoms with Crippen LogP contribution in [-0.4, -0.2) is 64.9 Å². The molecular weight excluding hydrogens is 443 g/mol. The van der Waals surface area contributed by atoms with Crippen molar-refractivity contribution in [1.29, 1.82) is 5.26 Å². The van der Waals surface area contributed by atoms with Crippen molar-refractivity contribution in [2.24, 2.45) is 5.92 Å². The zero-order valence-electron chi connectivity index (χ0n) is 17.2. The van der Waals surface area contributed by atoms with E-state index in [0.29, 0.717) is 37.5 Å². The average Bonchev–Trinajstić information content (AvgIpc) is 3.41. The SMILES string of the molecule is N#Cc1ccc(C(=O)N2C[C@H](OCc3cccnc3)[C@H]3COC[C@H]32)cc1.O=C(O)C(F)(F)F. The molecule has 2 aromatic rings. The van der Waals surface area contributed by atoms with E-state index >= 15 is 0 Å². The Morgan fingerprint density at radius 1 is 1.24 bits per heavy atom. The van der Waals surface area contributed by atoms with Crippen LogP contribution in [0, 0.1) is 17.2 Å². The molecule has 2 fully saturated rings. The Morgan fingerprint density at radius 2 is 1.94 bits per heavy atom. The van der Waals surface area contributed by atoms with Crippen LogP contribution in [0.15, 0.2) is 48.8 Å². The number of nitrogens with zero attached hydrogens (tertiary/aromatic N) is 3. The average molecular weight is 463 g/mol. The second kappa shape index (κ2) is 10.4. The maximum Gasteiger partial charge on any atom is 0.490 e. The molecule has 33 heavy (non-hydrogen) atoms. The number of pyridine rings is 1. The summed E-state index contributed by atoms with van der Waals surface area (Å²) in [6.07, 6.45) is -1.61. The number of carbonyl (C=O) groups excluding carboxylic acids is 1. The van der Waals surface area contributed by atoms with Crippen LogP contribution >= 0.6 is 0 Å². The summed E-state index contributed by atoms with van der Waals surface area (Å²) in [5.74, 6) is -2.61. The molecule has 1 N–H and O–H groups in total. The van der Waals surface area contributed by atoms with Gasteiger partial charge in [0, 0.05) is 30.4 Å². The van der Waals surface area contributed by atoms with Crippen LogP contribution < -0.4 is 0 Å². The number of aliphatic carboxylic acids is 1. The molecule has 1 amide bonds. The highest BCUT2D eigenvalue weighted by molar-refractivity contribution is 5.94.